The van der Waals surface area contributed by atoms with Gasteiger partial charge in [-0.1, -0.05) is 72.8 Å². The molecule has 1 amide bonds. The van der Waals surface area contributed by atoms with Gasteiger partial charge in [0.1, 0.15) is 17.4 Å². The van der Waals surface area contributed by atoms with Crippen LogP contribution in [-0.4, -0.2) is 29.3 Å². The fourth-order valence-corrected chi connectivity index (χ4v) is 5.12. The quantitative estimate of drug-likeness (QED) is 0.0594. The molecule has 220 valence electrons. The SMILES string of the molecule is CCOC(=O)/C(C)=C\C(C)=C\c1csc([C@H](Cc2ccc(OCc3ccccc3)cc2)NC(=O)C(=O)c2ccccc2)n1. The zero-order valence-electron chi connectivity index (χ0n) is 24.4. The van der Waals surface area contributed by atoms with Gasteiger partial charge in [-0.15, -0.1) is 11.3 Å². The number of hydrogen-bond acceptors (Lipinski definition) is 7. The number of hydrogen-bond donors (Lipinski definition) is 1. The Labute approximate surface area is 255 Å². The van der Waals surface area contributed by atoms with Crippen LogP contribution in [0.5, 0.6) is 5.75 Å². The lowest BCUT2D eigenvalue weighted by Gasteiger charge is -2.17. The predicted octanol–water partition coefficient (Wildman–Crippen LogP) is 6.92. The first-order valence-electron chi connectivity index (χ1n) is 14.0. The Morgan fingerprint density at radius 3 is 2.26 bits per heavy atom. The van der Waals surface area contributed by atoms with Crippen molar-refractivity contribution in [2.75, 3.05) is 6.61 Å². The van der Waals surface area contributed by atoms with Crippen molar-refractivity contribution in [3.05, 3.63) is 135 Å². The first-order chi connectivity index (χ1) is 20.8. The van der Waals surface area contributed by atoms with Crippen molar-refractivity contribution in [1.29, 1.82) is 0 Å². The number of benzene rings is 3. The van der Waals surface area contributed by atoms with Crippen molar-refractivity contribution in [1.82, 2.24) is 10.3 Å². The molecule has 1 heterocycles. The second-order valence-corrected chi connectivity index (χ2v) is 10.8. The van der Waals surface area contributed by atoms with E-state index >= 15 is 0 Å². The van der Waals surface area contributed by atoms with Crippen LogP contribution in [0.2, 0.25) is 0 Å². The number of carbonyl (C=O) groups excluding carboxylic acids is 3. The molecule has 0 bridgehead atoms. The van der Waals surface area contributed by atoms with Crippen LogP contribution in [0.4, 0.5) is 0 Å². The van der Waals surface area contributed by atoms with Crippen LogP contribution in [0.25, 0.3) is 6.08 Å². The van der Waals surface area contributed by atoms with E-state index in [4.69, 9.17) is 14.5 Å². The molecule has 0 saturated carbocycles. The van der Waals surface area contributed by atoms with E-state index in [0.29, 0.717) is 41.5 Å². The molecule has 4 rings (SSSR count). The predicted molar refractivity (Wildman–Crippen MR) is 169 cm³/mol. The molecule has 8 heteroatoms. The maximum Gasteiger partial charge on any atom is 0.333 e. The monoisotopic (exact) mass is 594 g/mol. The Kier molecular flexibility index (Phi) is 11.2. The molecule has 4 aromatic rings. The van der Waals surface area contributed by atoms with Crippen LogP contribution >= 0.6 is 11.3 Å². The Balaban J connectivity index is 1.52. The fourth-order valence-electron chi connectivity index (χ4n) is 4.29. The number of Topliss-reactive ketones (excluding diaryl/α,β-unsaturated/α-hetero) is 1. The Bertz CT molecular complexity index is 1590. The molecule has 0 spiro atoms. The van der Waals surface area contributed by atoms with Gasteiger partial charge < -0.3 is 14.8 Å². The summed E-state index contributed by atoms with van der Waals surface area (Å²) in [5, 5.41) is 5.44. The summed E-state index contributed by atoms with van der Waals surface area (Å²) >= 11 is 1.39. The highest BCUT2D eigenvalue weighted by Gasteiger charge is 2.23. The summed E-state index contributed by atoms with van der Waals surface area (Å²) in [6.07, 6.45) is 4.02. The van der Waals surface area contributed by atoms with Gasteiger partial charge in [0.15, 0.2) is 0 Å². The van der Waals surface area contributed by atoms with Crippen LogP contribution in [0.15, 0.2) is 108 Å². The van der Waals surface area contributed by atoms with Gasteiger partial charge in [0.2, 0.25) is 5.78 Å². The summed E-state index contributed by atoms with van der Waals surface area (Å²) < 4.78 is 11.0. The zero-order valence-corrected chi connectivity index (χ0v) is 25.2. The van der Waals surface area contributed by atoms with Gasteiger partial charge in [-0.3, -0.25) is 9.59 Å². The van der Waals surface area contributed by atoms with E-state index in [2.05, 4.69) is 5.32 Å². The molecule has 7 nitrogen and oxygen atoms in total. The highest BCUT2D eigenvalue weighted by atomic mass is 32.1. The minimum Gasteiger partial charge on any atom is -0.489 e. The minimum atomic E-state index is -0.699. The van der Waals surface area contributed by atoms with E-state index in [1.165, 1.54) is 11.3 Å². The highest BCUT2D eigenvalue weighted by Crippen LogP contribution is 2.25. The molecular formula is C35H34N2O5S. The first kappa shape index (κ1) is 31.1. The zero-order chi connectivity index (χ0) is 30.6. The minimum absolute atomic E-state index is 0.311. The number of rotatable bonds is 13. The third kappa shape index (κ3) is 9.34. The second-order valence-electron chi connectivity index (χ2n) is 9.89. The van der Waals surface area contributed by atoms with Gasteiger partial charge in [-0.05, 0) is 68.2 Å². The number of aromatic nitrogens is 1. The molecule has 1 atom stereocenters. The van der Waals surface area contributed by atoms with E-state index in [9.17, 15) is 14.4 Å². The molecule has 0 saturated heterocycles. The van der Waals surface area contributed by atoms with E-state index in [0.717, 1.165) is 22.4 Å². The van der Waals surface area contributed by atoms with E-state index in [1.807, 2.05) is 73.0 Å². The number of esters is 1. The van der Waals surface area contributed by atoms with Crippen molar-refractivity contribution in [2.45, 2.75) is 39.8 Å². The number of ketones is 1. The van der Waals surface area contributed by atoms with Gasteiger partial charge in [0.05, 0.1) is 18.3 Å². The van der Waals surface area contributed by atoms with Crippen LogP contribution < -0.4 is 10.1 Å². The topological polar surface area (TPSA) is 94.6 Å². The average Bonchev–Trinajstić information content (AvgIpc) is 3.49. The van der Waals surface area contributed by atoms with Crippen molar-refractivity contribution in [3.63, 3.8) is 0 Å². The molecule has 0 aliphatic heterocycles. The molecule has 0 aliphatic carbocycles. The van der Waals surface area contributed by atoms with Gasteiger partial charge in [0.25, 0.3) is 5.91 Å². The van der Waals surface area contributed by atoms with Crippen molar-refractivity contribution >= 4 is 35.1 Å². The lowest BCUT2D eigenvalue weighted by Crippen LogP contribution is -2.35. The maximum absolute atomic E-state index is 13.0. The Hall–Kier alpha value is -4.82. The van der Waals surface area contributed by atoms with Gasteiger partial charge in [-0.2, -0.15) is 0 Å². The van der Waals surface area contributed by atoms with Crippen LogP contribution in [0.1, 0.15) is 59.0 Å². The van der Waals surface area contributed by atoms with Crippen LogP contribution in [0.3, 0.4) is 0 Å². The molecule has 1 aromatic heterocycles. The standard InChI is InChI=1S/C35H34N2O5S/c1-4-41-35(40)25(3)19-24(2)20-29-23-43-34(36-29)31(37-33(39)32(38)28-13-9-6-10-14-28)21-26-15-17-30(18-16-26)42-22-27-11-7-5-8-12-27/h5-20,23,31H,4,21-22H2,1-3H3,(H,37,39)/b24-20+,25-19-/t31-/m0/s1. The molecule has 1 N–H and O–H groups in total. The summed E-state index contributed by atoms with van der Waals surface area (Å²) in [7, 11) is 0. The van der Waals surface area contributed by atoms with E-state index < -0.39 is 17.7 Å². The molecule has 43 heavy (non-hydrogen) atoms. The van der Waals surface area contributed by atoms with Crippen molar-refractivity contribution in [3.8, 4) is 5.75 Å². The smallest absolute Gasteiger partial charge is 0.333 e. The average molecular weight is 595 g/mol. The largest absolute Gasteiger partial charge is 0.489 e. The number of nitrogens with one attached hydrogen (secondary N) is 1. The molecule has 0 fully saturated rings. The van der Waals surface area contributed by atoms with Crippen LogP contribution in [-0.2, 0) is 27.4 Å². The fraction of sp³-hybridized carbons (Fsp3) is 0.200. The number of nitrogens with zero attached hydrogens (tertiary/aromatic N) is 1. The maximum atomic E-state index is 13.0. The number of ether oxygens (including phenoxy) is 2. The summed E-state index contributed by atoms with van der Waals surface area (Å²) in [6.45, 7) is 6.12. The third-order valence-electron chi connectivity index (χ3n) is 6.41. The number of amides is 1. The Morgan fingerprint density at radius 1 is 0.907 bits per heavy atom. The molecule has 0 unspecified atom stereocenters. The first-order valence-corrected chi connectivity index (χ1v) is 14.9. The molecule has 0 radical (unpaired) electrons. The molecular weight excluding hydrogens is 560 g/mol. The number of allylic oxidation sites excluding steroid dienone is 2. The molecule has 0 aliphatic rings. The number of carbonyl (C=O) groups is 3. The van der Waals surface area contributed by atoms with E-state index in [1.54, 1.807) is 50.3 Å². The second kappa shape index (κ2) is 15.4. The van der Waals surface area contributed by atoms with Gasteiger partial charge in [-0.25, -0.2) is 9.78 Å². The number of thiazole rings is 1. The van der Waals surface area contributed by atoms with Crippen molar-refractivity contribution in [2.24, 2.45) is 0 Å². The summed E-state index contributed by atoms with van der Waals surface area (Å²) in [6, 6.07) is 25.5. The normalized spacial score (nSPS) is 12.3. The summed E-state index contributed by atoms with van der Waals surface area (Å²) in [4.78, 5) is 42.6. The van der Waals surface area contributed by atoms with Crippen LogP contribution in [0, 0.1) is 0 Å². The lowest BCUT2D eigenvalue weighted by molar-refractivity contribution is -0.138. The van der Waals surface area contributed by atoms with E-state index in [-0.39, 0.29) is 5.97 Å². The summed E-state index contributed by atoms with van der Waals surface area (Å²) in [5.41, 5.74) is 4.35. The van der Waals surface area contributed by atoms with Gasteiger partial charge >= 0.3 is 5.97 Å². The highest BCUT2D eigenvalue weighted by molar-refractivity contribution is 7.09. The Morgan fingerprint density at radius 2 is 1.58 bits per heavy atom. The third-order valence-corrected chi connectivity index (χ3v) is 7.39. The lowest BCUT2D eigenvalue weighted by atomic mass is 10.0. The van der Waals surface area contributed by atoms with Gasteiger partial charge in [0, 0.05) is 16.5 Å². The molecule has 3 aromatic carbocycles. The van der Waals surface area contributed by atoms with Crippen molar-refractivity contribution < 1.29 is 23.9 Å². The summed E-state index contributed by atoms with van der Waals surface area (Å²) in [5.74, 6) is -0.940.